The summed E-state index contributed by atoms with van der Waals surface area (Å²) in [5, 5.41) is 31.0. The lowest BCUT2D eigenvalue weighted by Gasteiger charge is -2.19. The molecule has 0 aliphatic rings. The van der Waals surface area contributed by atoms with Crippen molar-refractivity contribution >= 4 is 51.7 Å². The SMILES string of the molecule is COC(=O)c1ccc(NC(=S)N/N=C(\C)c2csc(-c3ccc(C(C)(C)C)cc3)c2O)cc1[N+](=O)[O-]. The van der Waals surface area contributed by atoms with Crippen molar-refractivity contribution in [2.24, 2.45) is 5.10 Å². The lowest BCUT2D eigenvalue weighted by Crippen LogP contribution is -2.25. The van der Waals surface area contributed by atoms with E-state index in [9.17, 15) is 20.0 Å². The van der Waals surface area contributed by atoms with Crippen LogP contribution in [0.4, 0.5) is 11.4 Å². The first-order chi connectivity index (χ1) is 16.9. The maximum Gasteiger partial charge on any atom is 0.344 e. The van der Waals surface area contributed by atoms with E-state index < -0.39 is 16.6 Å². The largest absolute Gasteiger partial charge is 0.506 e. The third-order valence-electron chi connectivity index (χ3n) is 5.35. The summed E-state index contributed by atoms with van der Waals surface area (Å²) >= 11 is 6.64. The van der Waals surface area contributed by atoms with Gasteiger partial charge in [0.25, 0.3) is 5.69 Å². The number of methoxy groups -OCH3 is 1. The number of thiophene rings is 1. The summed E-state index contributed by atoms with van der Waals surface area (Å²) in [4.78, 5) is 23.1. The van der Waals surface area contributed by atoms with Crippen LogP contribution in [0.25, 0.3) is 10.4 Å². The Morgan fingerprint density at radius 3 is 2.42 bits per heavy atom. The molecule has 3 aromatic rings. The molecule has 0 amide bonds. The number of aromatic hydroxyl groups is 1. The highest BCUT2D eigenvalue weighted by molar-refractivity contribution is 7.80. The van der Waals surface area contributed by atoms with Gasteiger partial charge in [-0.05, 0) is 47.8 Å². The van der Waals surface area contributed by atoms with E-state index in [1.165, 1.54) is 35.1 Å². The van der Waals surface area contributed by atoms with Crippen LogP contribution in [0.2, 0.25) is 0 Å². The molecule has 36 heavy (non-hydrogen) atoms. The molecule has 0 saturated carbocycles. The van der Waals surface area contributed by atoms with E-state index in [-0.39, 0.29) is 21.8 Å². The Balaban J connectivity index is 1.72. The first-order valence-corrected chi connectivity index (χ1v) is 12.1. The summed E-state index contributed by atoms with van der Waals surface area (Å²) in [6.07, 6.45) is 0. The molecule has 0 spiro atoms. The maximum absolute atomic E-state index is 11.7. The third kappa shape index (κ3) is 6.04. The Bertz CT molecular complexity index is 1340. The normalized spacial score (nSPS) is 11.6. The second-order valence-corrected chi connectivity index (χ2v) is 10.2. The van der Waals surface area contributed by atoms with E-state index in [2.05, 4.69) is 53.5 Å². The molecule has 0 radical (unpaired) electrons. The molecular weight excluding hydrogens is 500 g/mol. The van der Waals surface area contributed by atoms with Gasteiger partial charge >= 0.3 is 5.97 Å². The summed E-state index contributed by atoms with van der Waals surface area (Å²) in [6.45, 7) is 8.16. The summed E-state index contributed by atoms with van der Waals surface area (Å²) in [7, 11) is 1.15. The van der Waals surface area contributed by atoms with Crippen LogP contribution in [0.3, 0.4) is 0 Å². The molecule has 11 heteroatoms. The lowest BCUT2D eigenvalue weighted by atomic mass is 9.86. The van der Waals surface area contributed by atoms with Crippen molar-refractivity contribution in [3.05, 3.63) is 74.6 Å². The molecule has 0 aliphatic carbocycles. The number of nitro groups is 1. The van der Waals surface area contributed by atoms with E-state index >= 15 is 0 Å². The van der Waals surface area contributed by atoms with Gasteiger partial charge in [0.05, 0.1) is 28.2 Å². The van der Waals surface area contributed by atoms with Gasteiger partial charge in [0.2, 0.25) is 0 Å². The topological polar surface area (TPSA) is 126 Å². The predicted molar refractivity (Wildman–Crippen MR) is 146 cm³/mol. The third-order valence-corrected chi connectivity index (χ3v) is 6.56. The zero-order valence-electron chi connectivity index (χ0n) is 20.4. The van der Waals surface area contributed by atoms with Gasteiger partial charge in [0.15, 0.2) is 5.11 Å². The standard InChI is InChI=1S/C25H26N4O5S2/c1-14(19-13-36-22(21(19)30)15-6-8-16(9-7-15)25(2,3)4)27-28-24(35)26-17-10-11-18(23(31)34-5)20(12-17)29(32)33/h6-13,30H,1-5H3,(H2,26,28,35)/b27-14+. The molecular formula is C25H26N4O5S2. The van der Waals surface area contributed by atoms with Crippen LogP contribution in [0.1, 0.15) is 49.2 Å². The average Bonchev–Trinajstić information content (AvgIpc) is 3.22. The number of nitrogens with zero attached hydrogens (tertiary/aromatic N) is 2. The number of hydrazone groups is 1. The number of rotatable bonds is 6. The number of hydrogen-bond acceptors (Lipinski definition) is 8. The number of carbonyl (C=O) groups excluding carboxylic acids is 1. The van der Waals surface area contributed by atoms with Crippen LogP contribution < -0.4 is 10.7 Å². The first-order valence-electron chi connectivity index (χ1n) is 10.8. The number of anilines is 1. The zero-order chi connectivity index (χ0) is 26.6. The Morgan fingerprint density at radius 2 is 1.83 bits per heavy atom. The van der Waals surface area contributed by atoms with Gasteiger partial charge in [-0.15, -0.1) is 11.3 Å². The Morgan fingerprint density at radius 1 is 1.17 bits per heavy atom. The van der Waals surface area contributed by atoms with Crippen molar-refractivity contribution in [1.82, 2.24) is 5.43 Å². The summed E-state index contributed by atoms with van der Waals surface area (Å²) in [5.74, 6) is -0.686. The van der Waals surface area contributed by atoms with Crippen molar-refractivity contribution in [2.75, 3.05) is 12.4 Å². The Kier molecular flexibility index (Phi) is 8.06. The summed E-state index contributed by atoms with van der Waals surface area (Å²) in [5.41, 5.74) is 5.58. The molecule has 0 unspecified atom stereocenters. The highest BCUT2D eigenvalue weighted by Crippen LogP contribution is 2.39. The molecule has 188 valence electrons. The molecule has 1 aromatic heterocycles. The zero-order valence-corrected chi connectivity index (χ0v) is 22.0. The van der Waals surface area contributed by atoms with E-state index in [0.717, 1.165) is 17.6 Å². The van der Waals surface area contributed by atoms with Gasteiger partial charge in [0.1, 0.15) is 11.3 Å². The van der Waals surface area contributed by atoms with Crippen molar-refractivity contribution in [3.63, 3.8) is 0 Å². The highest BCUT2D eigenvalue weighted by atomic mass is 32.1. The second-order valence-electron chi connectivity index (χ2n) is 8.90. The van der Waals surface area contributed by atoms with Crippen molar-refractivity contribution in [1.29, 1.82) is 0 Å². The monoisotopic (exact) mass is 526 g/mol. The van der Waals surface area contributed by atoms with E-state index in [1.54, 1.807) is 6.92 Å². The smallest absolute Gasteiger partial charge is 0.344 e. The molecule has 0 bridgehead atoms. The predicted octanol–water partition coefficient (Wildman–Crippen LogP) is 5.82. The fourth-order valence-electron chi connectivity index (χ4n) is 3.33. The van der Waals surface area contributed by atoms with Gasteiger partial charge in [-0.3, -0.25) is 15.5 Å². The molecule has 0 aliphatic heterocycles. The van der Waals surface area contributed by atoms with Crippen LogP contribution >= 0.6 is 23.6 Å². The minimum atomic E-state index is -0.811. The molecule has 0 fully saturated rings. The molecule has 0 saturated heterocycles. The number of nitrogens with one attached hydrogen (secondary N) is 2. The highest BCUT2D eigenvalue weighted by Gasteiger charge is 2.22. The fraction of sp³-hybridized carbons (Fsp3) is 0.240. The number of ether oxygens (including phenoxy) is 1. The number of carbonyl (C=O) groups is 1. The number of benzene rings is 2. The van der Waals surface area contributed by atoms with E-state index in [1.807, 2.05) is 17.5 Å². The molecule has 0 atom stereocenters. The number of esters is 1. The minimum Gasteiger partial charge on any atom is -0.506 e. The van der Waals surface area contributed by atoms with Gasteiger partial charge < -0.3 is 15.2 Å². The number of nitro benzene ring substituents is 1. The van der Waals surface area contributed by atoms with Crippen LogP contribution in [-0.4, -0.2) is 33.9 Å². The summed E-state index contributed by atoms with van der Waals surface area (Å²) in [6, 6.07) is 12.0. The van der Waals surface area contributed by atoms with E-state index in [4.69, 9.17) is 12.2 Å². The second kappa shape index (κ2) is 10.8. The quantitative estimate of drug-likeness (QED) is 0.121. The van der Waals surface area contributed by atoms with Gasteiger partial charge in [0, 0.05) is 17.1 Å². The maximum atomic E-state index is 11.7. The molecule has 1 heterocycles. The van der Waals surface area contributed by atoms with Gasteiger partial charge in [-0.25, -0.2) is 4.79 Å². The average molecular weight is 527 g/mol. The number of hydrogen-bond donors (Lipinski definition) is 3. The fourth-order valence-corrected chi connectivity index (χ4v) is 4.51. The molecule has 9 nitrogen and oxygen atoms in total. The summed E-state index contributed by atoms with van der Waals surface area (Å²) < 4.78 is 4.57. The minimum absolute atomic E-state index is 0.0386. The van der Waals surface area contributed by atoms with E-state index in [0.29, 0.717) is 17.0 Å². The van der Waals surface area contributed by atoms with Crippen LogP contribution in [-0.2, 0) is 10.2 Å². The first kappa shape index (κ1) is 26.8. The molecule has 3 N–H and O–H groups in total. The van der Waals surface area contributed by atoms with Crippen LogP contribution in [0, 0.1) is 10.1 Å². The van der Waals surface area contributed by atoms with Crippen molar-refractivity contribution in [2.45, 2.75) is 33.1 Å². The molecule has 3 rings (SSSR count). The Labute approximate surface area is 218 Å². The van der Waals surface area contributed by atoms with Gasteiger partial charge in [-0.2, -0.15) is 5.10 Å². The number of thiocarbonyl (C=S) groups is 1. The lowest BCUT2D eigenvalue weighted by molar-refractivity contribution is -0.385. The van der Waals surface area contributed by atoms with Crippen molar-refractivity contribution < 1.29 is 19.6 Å². The van der Waals surface area contributed by atoms with Crippen molar-refractivity contribution in [3.8, 4) is 16.2 Å². The molecule has 2 aromatic carbocycles. The van der Waals surface area contributed by atoms with Crippen LogP contribution in [0.5, 0.6) is 5.75 Å². The van der Waals surface area contributed by atoms with Gasteiger partial charge in [-0.1, -0.05) is 45.0 Å². The Hall–Kier alpha value is -3.83. The van der Waals surface area contributed by atoms with Crippen LogP contribution in [0.15, 0.2) is 52.9 Å².